The lowest BCUT2D eigenvalue weighted by atomic mass is 9.47. The predicted molar refractivity (Wildman–Crippen MR) is 252 cm³/mol. The molecule has 1 saturated heterocycles. The van der Waals surface area contributed by atoms with Crippen LogP contribution in [0.15, 0.2) is 103 Å². The number of hydrogen-bond donors (Lipinski definition) is 0. The van der Waals surface area contributed by atoms with Crippen molar-refractivity contribution in [2.24, 2.45) is 52.3 Å². The van der Waals surface area contributed by atoms with Crippen molar-refractivity contribution in [3.05, 3.63) is 119 Å². The average molecular weight is 859 g/mol. The third-order valence-electron chi connectivity index (χ3n) is 16.8. The first-order chi connectivity index (χ1) is 30.5. The molecule has 0 radical (unpaired) electrons. The predicted octanol–water partition coefficient (Wildman–Crippen LogP) is 13.1. The van der Waals surface area contributed by atoms with E-state index in [4.69, 9.17) is 23.7 Å². The van der Waals surface area contributed by atoms with Crippen LogP contribution in [0.4, 0.5) is 0 Å². The molecule has 3 aromatic carbocycles. The number of rotatable bonds is 19. The molecule has 4 fully saturated rings. The molecule has 6 nitrogen and oxygen atoms in total. The van der Waals surface area contributed by atoms with Gasteiger partial charge in [0.2, 0.25) is 0 Å². The fourth-order valence-electron chi connectivity index (χ4n) is 13.6. The maximum atomic E-state index is 13.2. The molecule has 6 heteroatoms. The number of benzene rings is 3. The number of carbonyl (C=O) groups excluding carboxylic acids is 1. The molecular weight excluding hydrogens is 781 g/mol. The van der Waals surface area contributed by atoms with Crippen molar-refractivity contribution in [3.63, 3.8) is 0 Å². The topological polar surface area (TPSA) is 63.2 Å². The zero-order chi connectivity index (χ0) is 44.0. The normalized spacial score (nSPS) is 34.4. The van der Waals surface area contributed by atoms with Crippen molar-refractivity contribution in [1.29, 1.82) is 0 Å². The molecular formula is C57H78O6. The molecule has 0 spiro atoms. The van der Waals surface area contributed by atoms with E-state index in [2.05, 4.69) is 77.1 Å². The largest absolute Gasteiger partial charge is 0.374 e. The molecule has 0 bridgehead atoms. The molecule has 3 aromatic rings. The third-order valence-corrected chi connectivity index (χ3v) is 16.8. The fraction of sp³-hybridized carbons (Fsp3) is 0.632. The van der Waals surface area contributed by atoms with Gasteiger partial charge in [0, 0.05) is 12.3 Å². The molecule has 1 heterocycles. The summed E-state index contributed by atoms with van der Waals surface area (Å²) in [6.45, 7) is 15.9. The van der Waals surface area contributed by atoms with Crippen LogP contribution in [-0.4, -0.2) is 43.1 Å². The van der Waals surface area contributed by atoms with Crippen LogP contribution >= 0.6 is 0 Å². The van der Waals surface area contributed by atoms with Crippen molar-refractivity contribution in [2.75, 3.05) is 6.61 Å². The van der Waals surface area contributed by atoms with E-state index in [-0.39, 0.29) is 29.6 Å². The standard InChI is InChI=1S/C57H78O6/c1-39(2)17-16-18-40(3)49-27-28-50-47-26-25-45-34-46(29-31-56(45,5)51(47)30-32-57(49,50)6)62-55-48(33-41(4)58)53(60-36-43-21-12-8-13-22-43)54(61-37-44-23-14-9-15-24-44)52(63-55)38-59-35-42-19-10-7-11-20-42/h7-15,19-25,39-40,46-55H,16-18,26-38H2,1-6H3/t40-,46+,47+,48-,49-,50+,51+,52-,53-,54+,55-,56+,57-/m1/s1. The van der Waals surface area contributed by atoms with Gasteiger partial charge in [0.25, 0.3) is 0 Å². The number of Topliss-reactive ketones (excluding diaryl/α,β-unsaturated/α-hetero) is 1. The van der Waals surface area contributed by atoms with Gasteiger partial charge in [0.1, 0.15) is 18.0 Å². The first kappa shape index (κ1) is 46.4. The molecule has 63 heavy (non-hydrogen) atoms. The van der Waals surface area contributed by atoms with Crippen molar-refractivity contribution in [1.82, 2.24) is 0 Å². The Bertz CT molecular complexity index is 1910. The summed E-state index contributed by atoms with van der Waals surface area (Å²) in [5.74, 6) is 4.60. The van der Waals surface area contributed by atoms with Crippen LogP contribution < -0.4 is 0 Å². The molecule has 3 saturated carbocycles. The minimum absolute atomic E-state index is 0.000753. The highest BCUT2D eigenvalue weighted by atomic mass is 16.7. The van der Waals surface area contributed by atoms with Crippen LogP contribution in [0.2, 0.25) is 0 Å². The van der Waals surface area contributed by atoms with Gasteiger partial charge in [-0.05, 0) is 121 Å². The van der Waals surface area contributed by atoms with E-state index in [1.165, 1.54) is 51.4 Å². The number of carbonyl (C=O) groups is 1. The van der Waals surface area contributed by atoms with Gasteiger partial charge >= 0.3 is 0 Å². The lowest BCUT2D eigenvalue weighted by Crippen LogP contribution is -2.59. The Balaban J connectivity index is 1.01. The monoisotopic (exact) mass is 859 g/mol. The summed E-state index contributed by atoms with van der Waals surface area (Å²) in [5, 5.41) is 0. The van der Waals surface area contributed by atoms with Crippen LogP contribution in [0, 0.1) is 52.3 Å². The molecule has 0 N–H and O–H groups in total. The molecule has 0 aromatic heterocycles. The van der Waals surface area contributed by atoms with Gasteiger partial charge in [-0.15, -0.1) is 0 Å². The zero-order valence-electron chi connectivity index (χ0n) is 39.4. The SMILES string of the molecule is CC(=O)C[C@H]1[C@H](O[C@H]2CC[C@@]3(C)C(=CC[C@H]4[C@@H]5CC[C@H]([C@H](C)CCCC(C)C)[C@@]5(C)CC[C@@H]43)C2)O[C@H](COCc2ccccc2)[C@H](OCc2ccccc2)[C@@H]1OCc1ccccc1. The van der Waals surface area contributed by atoms with E-state index >= 15 is 0 Å². The lowest BCUT2D eigenvalue weighted by Gasteiger charge is -2.58. The Morgan fingerprint density at radius 1 is 0.746 bits per heavy atom. The number of allylic oxidation sites excluding steroid dienone is 1. The number of hydrogen-bond acceptors (Lipinski definition) is 6. The Morgan fingerprint density at radius 2 is 1.38 bits per heavy atom. The van der Waals surface area contributed by atoms with Crippen molar-refractivity contribution < 1.29 is 28.5 Å². The quantitative estimate of drug-likeness (QED) is 0.112. The Labute approximate surface area is 380 Å². The molecule has 5 aliphatic rings. The Kier molecular flexibility index (Phi) is 15.5. The highest BCUT2D eigenvalue weighted by Gasteiger charge is 2.59. The molecule has 8 rings (SSSR count). The molecule has 4 aliphatic carbocycles. The summed E-state index contributed by atoms with van der Waals surface area (Å²) in [6, 6.07) is 30.8. The van der Waals surface area contributed by atoms with Crippen LogP contribution in [0.5, 0.6) is 0 Å². The summed E-state index contributed by atoms with van der Waals surface area (Å²) < 4.78 is 34.5. The summed E-state index contributed by atoms with van der Waals surface area (Å²) in [6.07, 6.45) is 14.8. The van der Waals surface area contributed by atoms with Gasteiger partial charge in [-0.25, -0.2) is 0 Å². The lowest BCUT2D eigenvalue weighted by molar-refractivity contribution is -0.315. The average Bonchev–Trinajstić information content (AvgIpc) is 3.64. The van der Waals surface area contributed by atoms with Crippen LogP contribution in [-0.2, 0) is 48.3 Å². The number of ether oxygens (including phenoxy) is 5. The summed E-state index contributed by atoms with van der Waals surface area (Å²) in [4.78, 5) is 13.2. The molecule has 342 valence electrons. The second-order valence-corrected chi connectivity index (χ2v) is 21.4. The van der Waals surface area contributed by atoms with Gasteiger partial charge < -0.3 is 28.5 Å². The van der Waals surface area contributed by atoms with Crippen molar-refractivity contribution >= 4 is 5.78 Å². The minimum atomic E-state index is -0.642. The van der Waals surface area contributed by atoms with E-state index < -0.39 is 24.6 Å². The van der Waals surface area contributed by atoms with Gasteiger partial charge in [-0.3, -0.25) is 0 Å². The number of ketones is 1. The van der Waals surface area contributed by atoms with E-state index in [0.29, 0.717) is 31.8 Å². The van der Waals surface area contributed by atoms with E-state index in [0.717, 1.165) is 71.5 Å². The summed E-state index contributed by atoms with van der Waals surface area (Å²) in [7, 11) is 0. The highest BCUT2D eigenvalue weighted by Crippen LogP contribution is 2.67. The molecule has 1 aliphatic heterocycles. The Hall–Kier alpha value is -3.13. The zero-order valence-corrected chi connectivity index (χ0v) is 39.4. The van der Waals surface area contributed by atoms with Gasteiger partial charge in [0.05, 0.1) is 38.6 Å². The maximum absolute atomic E-state index is 13.2. The fourth-order valence-corrected chi connectivity index (χ4v) is 13.6. The number of fused-ring (bicyclic) bond motifs is 5. The summed E-state index contributed by atoms with van der Waals surface area (Å²) >= 11 is 0. The van der Waals surface area contributed by atoms with Crippen LogP contribution in [0.25, 0.3) is 0 Å². The highest BCUT2D eigenvalue weighted by molar-refractivity contribution is 5.75. The smallest absolute Gasteiger partial charge is 0.164 e. The minimum Gasteiger partial charge on any atom is -0.374 e. The van der Waals surface area contributed by atoms with Crippen molar-refractivity contribution in [3.8, 4) is 0 Å². The van der Waals surface area contributed by atoms with E-state index in [1.54, 1.807) is 12.5 Å². The van der Waals surface area contributed by atoms with Gasteiger partial charge in [0.15, 0.2) is 6.29 Å². The second-order valence-electron chi connectivity index (χ2n) is 21.4. The molecule has 0 amide bonds. The third kappa shape index (κ3) is 10.8. The van der Waals surface area contributed by atoms with E-state index in [9.17, 15) is 4.79 Å². The maximum Gasteiger partial charge on any atom is 0.164 e. The summed E-state index contributed by atoms with van der Waals surface area (Å²) in [5.41, 5.74) is 5.53. The Morgan fingerprint density at radius 3 is 2.02 bits per heavy atom. The van der Waals surface area contributed by atoms with Crippen molar-refractivity contribution in [2.45, 2.75) is 169 Å². The van der Waals surface area contributed by atoms with E-state index in [1.807, 2.05) is 54.6 Å². The molecule has 0 unspecified atom stereocenters. The van der Waals surface area contributed by atoms with Gasteiger partial charge in [-0.1, -0.05) is 157 Å². The van der Waals surface area contributed by atoms with Crippen LogP contribution in [0.3, 0.4) is 0 Å². The second kappa shape index (κ2) is 21.0. The van der Waals surface area contributed by atoms with Gasteiger partial charge in [-0.2, -0.15) is 0 Å². The van der Waals surface area contributed by atoms with Crippen LogP contribution in [0.1, 0.15) is 135 Å². The first-order valence-corrected chi connectivity index (χ1v) is 24.9. The molecule has 13 atom stereocenters. The first-order valence-electron chi connectivity index (χ1n) is 24.9.